The summed E-state index contributed by atoms with van der Waals surface area (Å²) in [6, 6.07) is 6.38. The summed E-state index contributed by atoms with van der Waals surface area (Å²) in [6.07, 6.45) is 0. The van der Waals surface area contributed by atoms with Gasteiger partial charge in [-0.3, -0.25) is 9.89 Å². The molecule has 0 radical (unpaired) electrons. The molecule has 0 bridgehead atoms. The molecule has 0 aromatic heterocycles. The molecule has 1 aromatic carbocycles. The van der Waals surface area contributed by atoms with Crippen LogP contribution in [0, 0.1) is 11.7 Å². The third-order valence-electron chi connectivity index (χ3n) is 5.74. The highest BCUT2D eigenvalue weighted by Crippen LogP contribution is 2.22. The van der Waals surface area contributed by atoms with E-state index in [9.17, 15) is 4.39 Å². The number of nitrogens with zero attached hydrogens (tertiary/aromatic N) is 3. The highest BCUT2D eigenvalue weighted by atomic mass is 127. The number of aliphatic imine (C=N–C) groups is 1. The molecule has 0 aliphatic carbocycles. The fourth-order valence-corrected chi connectivity index (χ4v) is 3.89. The fraction of sp³-hybridized carbons (Fsp3) is 0.667. The first-order valence-electron chi connectivity index (χ1n) is 10.3. The summed E-state index contributed by atoms with van der Waals surface area (Å²) in [4.78, 5) is 8.87. The van der Waals surface area contributed by atoms with Gasteiger partial charge in [0.1, 0.15) is 5.82 Å². The van der Waals surface area contributed by atoms with Crippen LogP contribution in [0.1, 0.15) is 26.3 Å². The van der Waals surface area contributed by atoms with Crippen LogP contribution >= 0.6 is 24.0 Å². The smallest absolute Gasteiger partial charge is 0.191 e. The number of benzene rings is 1. The number of guanidine groups is 1. The summed E-state index contributed by atoms with van der Waals surface area (Å²) in [5, 5.41) is 6.85. The van der Waals surface area contributed by atoms with E-state index in [1.165, 1.54) is 0 Å². The van der Waals surface area contributed by atoms with Crippen LogP contribution in [0.25, 0.3) is 0 Å². The van der Waals surface area contributed by atoms with Crippen molar-refractivity contribution in [1.29, 1.82) is 0 Å². The molecular formula is C21H35FIN5O. The third kappa shape index (κ3) is 6.42. The van der Waals surface area contributed by atoms with Gasteiger partial charge in [-0.05, 0) is 37.5 Å². The third-order valence-corrected chi connectivity index (χ3v) is 5.74. The number of ether oxygens (including phenoxy) is 1. The molecule has 164 valence electrons. The normalized spacial score (nSPS) is 23.2. The molecule has 2 heterocycles. The highest BCUT2D eigenvalue weighted by Gasteiger charge is 2.31. The lowest BCUT2D eigenvalue weighted by atomic mass is 10.1. The van der Waals surface area contributed by atoms with Gasteiger partial charge < -0.3 is 20.3 Å². The van der Waals surface area contributed by atoms with Crippen LogP contribution in [0.3, 0.4) is 0 Å². The Morgan fingerprint density at radius 3 is 2.59 bits per heavy atom. The van der Waals surface area contributed by atoms with Gasteiger partial charge in [0.25, 0.3) is 0 Å². The molecule has 6 nitrogen and oxygen atoms in total. The quantitative estimate of drug-likeness (QED) is 0.356. The maximum Gasteiger partial charge on any atom is 0.191 e. The Morgan fingerprint density at radius 1 is 1.28 bits per heavy atom. The Bertz CT molecular complexity index is 681. The molecule has 3 rings (SSSR count). The largest absolute Gasteiger partial charge is 0.378 e. The summed E-state index contributed by atoms with van der Waals surface area (Å²) in [7, 11) is 1.78. The van der Waals surface area contributed by atoms with Crippen LogP contribution < -0.4 is 15.5 Å². The number of halogens is 2. The number of morpholine rings is 1. The minimum Gasteiger partial charge on any atom is -0.378 e. The van der Waals surface area contributed by atoms with Crippen LogP contribution in [0.2, 0.25) is 0 Å². The van der Waals surface area contributed by atoms with E-state index in [0.717, 1.165) is 37.7 Å². The molecule has 1 aromatic rings. The van der Waals surface area contributed by atoms with E-state index in [2.05, 4.69) is 41.3 Å². The minimum atomic E-state index is -0.180. The van der Waals surface area contributed by atoms with Gasteiger partial charge in [-0.15, -0.1) is 24.0 Å². The minimum absolute atomic E-state index is 0. The molecule has 2 saturated heterocycles. The number of hydrogen-bond acceptors (Lipinski definition) is 4. The van der Waals surface area contributed by atoms with Gasteiger partial charge in [-0.1, -0.05) is 13.0 Å². The second-order valence-corrected chi connectivity index (χ2v) is 8.09. The fourth-order valence-electron chi connectivity index (χ4n) is 3.89. The second kappa shape index (κ2) is 11.3. The first kappa shape index (κ1) is 24.1. The van der Waals surface area contributed by atoms with Crippen LogP contribution in [0.15, 0.2) is 23.2 Å². The van der Waals surface area contributed by atoms with Gasteiger partial charge in [0.2, 0.25) is 0 Å². The van der Waals surface area contributed by atoms with Gasteiger partial charge in [0, 0.05) is 51.9 Å². The Kier molecular flexibility index (Phi) is 9.42. The Balaban J connectivity index is 0.00000300. The lowest BCUT2D eigenvalue weighted by Crippen LogP contribution is -2.46. The summed E-state index contributed by atoms with van der Waals surface area (Å²) >= 11 is 0. The highest BCUT2D eigenvalue weighted by molar-refractivity contribution is 14.0. The average molecular weight is 519 g/mol. The number of hydrogen-bond donors (Lipinski definition) is 2. The topological polar surface area (TPSA) is 52.1 Å². The summed E-state index contributed by atoms with van der Waals surface area (Å²) in [5.41, 5.74) is 1.56. The Hall–Kier alpha value is -1.13. The molecule has 8 heteroatoms. The van der Waals surface area contributed by atoms with E-state index in [1.807, 2.05) is 17.0 Å². The Morgan fingerprint density at radius 2 is 2.00 bits per heavy atom. The second-order valence-electron chi connectivity index (χ2n) is 8.09. The zero-order valence-electron chi connectivity index (χ0n) is 17.9. The van der Waals surface area contributed by atoms with Crippen molar-refractivity contribution in [2.75, 3.05) is 51.3 Å². The predicted octanol–water partition coefficient (Wildman–Crippen LogP) is 2.67. The molecule has 0 amide bonds. The maximum atomic E-state index is 14.6. The lowest BCUT2D eigenvalue weighted by Gasteiger charge is -2.29. The van der Waals surface area contributed by atoms with E-state index in [4.69, 9.17) is 4.74 Å². The Labute approximate surface area is 191 Å². The van der Waals surface area contributed by atoms with E-state index < -0.39 is 0 Å². The monoisotopic (exact) mass is 519 g/mol. The molecule has 2 unspecified atom stereocenters. The standard InChI is InChI=1S/C21H34FN5O.HI/c1-15(2)27-13-16(3)19(14-27)25-21(23-4)24-12-17-5-6-20(18(22)11-17)26-7-9-28-10-8-26;/h5-6,11,15-16,19H,7-10,12-14H2,1-4H3,(H2,23,24,25);1H. The van der Waals surface area contributed by atoms with Crippen molar-refractivity contribution in [1.82, 2.24) is 15.5 Å². The van der Waals surface area contributed by atoms with Crippen molar-refractivity contribution in [2.45, 2.75) is 39.4 Å². The number of anilines is 1. The van der Waals surface area contributed by atoms with Crippen molar-refractivity contribution in [2.24, 2.45) is 10.9 Å². The summed E-state index contributed by atoms with van der Waals surface area (Å²) in [5.74, 6) is 1.15. The zero-order chi connectivity index (χ0) is 20.1. The number of likely N-dealkylation sites (tertiary alicyclic amines) is 1. The lowest BCUT2D eigenvalue weighted by molar-refractivity contribution is 0.122. The summed E-state index contributed by atoms with van der Waals surface area (Å²) in [6.45, 7) is 12.2. The molecule has 2 atom stereocenters. The van der Waals surface area contributed by atoms with Crippen molar-refractivity contribution < 1.29 is 9.13 Å². The average Bonchev–Trinajstić information content (AvgIpc) is 3.06. The van der Waals surface area contributed by atoms with E-state index in [-0.39, 0.29) is 29.8 Å². The molecule has 29 heavy (non-hydrogen) atoms. The van der Waals surface area contributed by atoms with Crippen molar-refractivity contribution >= 4 is 35.6 Å². The van der Waals surface area contributed by atoms with E-state index in [1.54, 1.807) is 13.1 Å². The number of rotatable bonds is 5. The van der Waals surface area contributed by atoms with Gasteiger partial charge >= 0.3 is 0 Å². The van der Waals surface area contributed by atoms with Crippen molar-refractivity contribution in [3.63, 3.8) is 0 Å². The zero-order valence-corrected chi connectivity index (χ0v) is 20.3. The van der Waals surface area contributed by atoms with Gasteiger partial charge in [-0.25, -0.2) is 4.39 Å². The van der Waals surface area contributed by atoms with Crippen LogP contribution in [-0.4, -0.2) is 69.4 Å². The summed E-state index contributed by atoms with van der Waals surface area (Å²) < 4.78 is 19.9. The molecule has 0 spiro atoms. The predicted molar refractivity (Wildman–Crippen MR) is 128 cm³/mol. The first-order valence-corrected chi connectivity index (χ1v) is 10.3. The molecule has 2 aliphatic heterocycles. The maximum absolute atomic E-state index is 14.6. The van der Waals surface area contributed by atoms with Crippen molar-refractivity contribution in [3.8, 4) is 0 Å². The van der Waals surface area contributed by atoms with Crippen LogP contribution in [0.4, 0.5) is 10.1 Å². The van der Waals surface area contributed by atoms with E-state index in [0.29, 0.717) is 43.4 Å². The molecular weight excluding hydrogens is 484 g/mol. The van der Waals surface area contributed by atoms with E-state index >= 15 is 0 Å². The SMILES string of the molecule is CN=C(NCc1ccc(N2CCOCC2)c(F)c1)NC1CN(C(C)C)CC1C.I. The molecule has 2 aliphatic rings. The van der Waals surface area contributed by atoms with Gasteiger partial charge in [0.05, 0.1) is 18.9 Å². The van der Waals surface area contributed by atoms with Crippen LogP contribution in [0.5, 0.6) is 0 Å². The molecule has 0 saturated carbocycles. The first-order chi connectivity index (χ1) is 13.5. The van der Waals surface area contributed by atoms with Gasteiger partial charge in [-0.2, -0.15) is 0 Å². The molecule has 2 N–H and O–H groups in total. The number of nitrogens with one attached hydrogen (secondary N) is 2. The van der Waals surface area contributed by atoms with Crippen LogP contribution in [-0.2, 0) is 11.3 Å². The molecule has 2 fully saturated rings. The van der Waals surface area contributed by atoms with Crippen molar-refractivity contribution in [3.05, 3.63) is 29.6 Å². The van der Waals surface area contributed by atoms with Gasteiger partial charge in [0.15, 0.2) is 5.96 Å².